The molecule has 0 fully saturated rings. The molecule has 0 spiro atoms. The molecule has 3 nitrogen and oxygen atoms in total. The molecule has 0 atom stereocenters. The number of nitrogens with one attached hydrogen (secondary N) is 1. The van der Waals surface area contributed by atoms with Gasteiger partial charge >= 0.3 is 6.18 Å². The Kier molecular flexibility index (Phi) is 5.30. The number of aromatic nitrogens is 1. The highest BCUT2D eigenvalue weighted by atomic mass is 79.9. The van der Waals surface area contributed by atoms with E-state index in [1.807, 2.05) is 36.4 Å². The topological polar surface area (TPSA) is 42.0 Å². The van der Waals surface area contributed by atoms with E-state index >= 15 is 0 Å². The van der Waals surface area contributed by atoms with Crippen molar-refractivity contribution in [1.29, 1.82) is 0 Å². The average Bonchev–Trinajstić information content (AvgIpc) is 2.72. The van der Waals surface area contributed by atoms with Crippen LogP contribution in [0.25, 0.3) is 22.2 Å². The zero-order valence-corrected chi connectivity index (χ0v) is 17.0. The molecule has 1 N–H and O–H groups in total. The lowest BCUT2D eigenvalue weighted by Crippen LogP contribution is -2.13. The fraction of sp³-hybridized carbons (Fsp3) is 0.0435. The minimum absolute atomic E-state index is 0.276. The standard InChI is InChI=1S/C23H14BrF3N2O/c24-16-5-3-4-14(12-16)21-13-19(18-6-1-2-7-20(18)29-21)22(30)28-17-10-8-15(9-11-17)23(25,26)27/h1-13H,(H,28,30). The molecule has 1 heterocycles. The van der Waals surface area contributed by atoms with Gasteiger partial charge in [-0.05, 0) is 48.5 Å². The minimum Gasteiger partial charge on any atom is -0.322 e. The van der Waals surface area contributed by atoms with Gasteiger partial charge in [0.25, 0.3) is 5.91 Å². The molecule has 150 valence electrons. The highest BCUT2D eigenvalue weighted by Gasteiger charge is 2.30. The molecular weight excluding hydrogens is 457 g/mol. The van der Waals surface area contributed by atoms with Crippen molar-refractivity contribution in [2.45, 2.75) is 6.18 Å². The zero-order valence-electron chi connectivity index (χ0n) is 15.4. The third kappa shape index (κ3) is 4.21. The molecule has 0 unspecified atom stereocenters. The van der Waals surface area contributed by atoms with E-state index in [1.54, 1.807) is 18.2 Å². The van der Waals surface area contributed by atoms with E-state index in [-0.39, 0.29) is 5.69 Å². The molecule has 4 rings (SSSR count). The number of carbonyl (C=O) groups is 1. The van der Waals surface area contributed by atoms with E-state index in [2.05, 4.69) is 26.2 Å². The van der Waals surface area contributed by atoms with Crippen LogP contribution in [0, 0.1) is 0 Å². The van der Waals surface area contributed by atoms with Crippen molar-refractivity contribution in [3.63, 3.8) is 0 Å². The maximum absolute atomic E-state index is 13.0. The average molecular weight is 471 g/mol. The summed E-state index contributed by atoms with van der Waals surface area (Å²) in [5.41, 5.74) is 1.99. The first-order valence-corrected chi connectivity index (χ1v) is 9.75. The van der Waals surface area contributed by atoms with Gasteiger partial charge in [-0.25, -0.2) is 4.98 Å². The summed E-state index contributed by atoms with van der Waals surface area (Å²) in [6.07, 6.45) is -4.43. The maximum atomic E-state index is 13.0. The first kappa shape index (κ1) is 20.1. The van der Waals surface area contributed by atoms with Crippen molar-refractivity contribution < 1.29 is 18.0 Å². The Morgan fingerprint density at radius 3 is 2.33 bits per heavy atom. The van der Waals surface area contributed by atoms with Crippen LogP contribution in [-0.2, 0) is 6.18 Å². The van der Waals surface area contributed by atoms with Crippen LogP contribution in [-0.4, -0.2) is 10.9 Å². The molecule has 3 aromatic carbocycles. The van der Waals surface area contributed by atoms with Gasteiger partial charge in [-0.15, -0.1) is 0 Å². The van der Waals surface area contributed by atoms with Gasteiger partial charge < -0.3 is 5.32 Å². The molecule has 4 aromatic rings. The lowest BCUT2D eigenvalue weighted by Gasteiger charge is -2.12. The highest BCUT2D eigenvalue weighted by molar-refractivity contribution is 9.10. The smallest absolute Gasteiger partial charge is 0.322 e. The number of rotatable bonds is 3. The molecule has 7 heteroatoms. The van der Waals surface area contributed by atoms with E-state index in [0.717, 1.165) is 22.2 Å². The second-order valence-corrected chi connectivity index (χ2v) is 7.53. The third-order valence-electron chi connectivity index (χ3n) is 4.55. The van der Waals surface area contributed by atoms with Crippen molar-refractivity contribution in [2.24, 2.45) is 0 Å². The molecule has 30 heavy (non-hydrogen) atoms. The molecule has 0 saturated heterocycles. The summed E-state index contributed by atoms with van der Waals surface area (Å²) in [7, 11) is 0. The monoisotopic (exact) mass is 470 g/mol. The molecule has 1 amide bonds. The molecular formula is C23H14BrF3N2O. The largest absolute Gasteiger partial charge is 0.416 e. The fourth-order valence-corrected chi connectivity index (χ4v) is 3.50. The van der Waals surface area contributed by atoms with Gasteiger partial charge in [0.05, 0.1) is 22.3 Å². The van der Waals surface area contributed by atoms with Crippen LogP contribution in [0.1, 0.15) is 15.9 Å². The summed E-state index contributed by atoms with van der Waals surface area (Å²) in [6.45, 7) is 0. The van der Waals surface area contributed by atoms with Crippen LogP contribution in [0.4, 0.5) is 18.9 Å². The summed E-state index contributed by atoms with van der Waals surface area (Å²) >= 11 is 3.43. The number of carbonyl (C=O) groups excluding carboxylic acids is 1. The number of nitrogens with zero attached hydrogens (tertiary/aromatic N) is 1. The third-order valence-corrected chi connectivity index (χ3v) is 5.04. The number of amides is 1. The Bertz CT molecular complexity index is 1240. The number of alkyl halides is 3. The second kappa shape index (κ2) is 7.91. The van der Waals surface area contributed by atoms with Crippen LogP contribution in [0.2, 0.25) is 0 Å². The summed E-state index contributed by atoms with van der Waals surface area (Å²) < 4.78 is 39.2. The summed E-state index contributed by atoms with van der Waals surface area (Å²) in [5, 5.41) is 3.33. The first-order valence-electron chi connectivity index (χ1n) is 8.95. The van der Waals surface area contributed by atoms with Crippen LogP contribution in [0.15, 0.2) is 83.3 Å². The number of para-hydroxylation sites is 1. The predicted octanol–water partition coefficient (Wildman–Crippen LogP) is 6.94. The van der Waals surface area contributed by atoms with Gasteiger partial charge in [0.2, 0.25) is 0 Å². The Morgan fingerprint density at radius 2 is 1.63 bits per heavy atom. The van der Waals surface area contributed by atoms with Crippen LogP contribution in [0.5, 0.6) is 0 Å². The number of fused-ring (bicyclic) bond motifs is 1. The van der Waals surface area contributed by atoms with E-state index in [0.29, 0.717) is 22.2 Å². The second-order valence-electron chi connectivity index (χ2n) is 6.61. The lowest BCUT2D eigenvalue weighted by atomic mass is 10.0. The number of halogens is 4. The Balaban J connectivity index is 1.73. The maximum Gasteiger partial charge on any atom is 0.416 e. The quantitative estimate of drug-likeness (QED) is 0.352. The molecule has 0 bridgehead atoms. The zero-order chi connectivity index (χ0) is 21.3. The number of pyridine rings is 1. The molecule has 0 aliphatic rings. The van der Waals surface area contributed by atoms with Crippen LogP contribution >= 0.6 is 15.9 Å². The molecule has 0 saturated carbocycles. The fourth-order valence-electron chi connectivity index (χ4n) is 3.10. The summed E-state index contributed by atoms with van der Waals surface area (Å²) in [5.74, 6) is -0.426. The van der Waals surface area contributed by atoms with E-state index in [4.69, 9.17) is 0 Å². The van der Waals surface area contributed by atoms with Crippen molar-refractivity contribution in [2.75, 3.05) is 5.32 Å². The number of benzene rings is 3. The van der Waals surface area contributed by atoms with Crippen molar-refractivity contribution in [3.8, 4) is 11.3 Å². The van der Waals surface area contributed by atoms with Gasteiger partial charge in [0.15, 0.2) is 0 Å². The molecule has 0 aliphatic heterocycles. The molecule has 1 aromatic heterocycles. The van der Waals surface area contributed by atoms with Gasteiger partial charge in [0, 0.05) is 21.1 Å². The Morgan fingerprint density at radius 1 is 0.900 bits per heavy atom. The van der Waals surface area contributed by atoms with Crippen LogP contribution in [0.3, 0.4) is 0 Å². The predicted molar refractivity (Wildman–Crippen MR) is 114 cm³/mol. The number of hydrogen-bond donors (Lipinski definition) is 1. The number of hydrogen-bond acceptors (Lipinski definition) is 2. The molecule has 0 radical (unpaired) electrons. The highest BCUT2D eigenvalue weighted by Crippen LogP contribution is 2.30. The van der Waals surface area contributed by atoms with E-state index in [9.17, 15) is 18.0 Å². The van der Waals surface area contributed by atoms with Gasteiger partial charge in [-0.2, -0.15) is 13.2 Å². The summed E-state index contributed by atoms with van der Waals surface area (Å²) in [4.78, 5) is 17.6. The van der Waals surface area contributed by atoms with Crippen molar-refractivity contribution >= 4 is 38.4 Å². The SMILES string of the molecule is O=C(Nc1ccc(C(F)(F)F)cc1)c1cc(-c2cccc(Br)c2)nc2ccccc12. The van der Waals surface area contributed by atoms with Gasteiger partial charge in [-0.1, -0.05) is 46.3 Å². The lowest BCUT2D eigenvalue weighted by molar-refractivity contribution is -0.137. The van der Waals surface area contributed by atoms with Crippen LogP contribution < -0.4 is 5.32 Å². The van der Waals surface area contributed by atoms with Crippen molar-refractivity contribution in [1.82, 2.24) is 4.98 Å². The first-order chi connectivity index (χ1) is 14.3. The normalized spacial score (nSPS) is 11.5. The Hall–Kier alpha value is -3.19. The van der Waals surface area contributed by atoms with Gasteiger partial charge in [0.1, 0.15) is 0 Å². The van der Waals surface area contributed by atoms with E-state index in [1.165, 1.54) is 12.1 Å². The van der Waals surface area contributed by atoms with Gasteiger partial charge in [-0.3, -0.25) is 4.79 Å². The summed E-state index contributed by atoms with van der Waals surface area (Å²) in [6, 6.07) is 20.8. The van der Waals surface area contributed by atoms with E-state index < -0.39 is 17.6 Å². The Labute approximate surface area is 178 Å². The minimum atomic E-state index is -4.43. The van der Waals surface area contributed by atoms with Crippen molar-refractivity contribution in [3.05, 3.63) is 94.5 Å². The number of anilines is 1. The molecule has 0 aliphatic carbocycles.